The lowest BCUT2D eigenvalue weighted by Crippen LogP contribution is -2.03. The number of rotatable bonds is 3. The zero-order valence-corrected chi connectivity index (χ0v) is 12.4. The van der Waals surface area contributed by atoms with Crippen LogP contribution in [0.25, 0.3) is 22.5 Å². The van der Waals surface area contributed by atoms with Gasteiger partial charge in [0.25, 0.3) is 5.89 Å². The van der Waals surface area contributed by atoms with Crippen LogP contribution in [0.5, 0.6) is 0 Å². The Morgan fingerprint density at radius 3 is 2.65 bits per heavy atom. The third-order valence-corrected chi connectivity index (χ3v) is 3.67. The van der Waals surface area contributed by atoms with Gasteiger partial charge in [-0.25, -0.2) is 4.39 Å². The first-order valence-electron chi connectivity index (χ1n) is 7.22. The Labute approximate surface area is 131 Å². The van der Waals surface area contributed by atoms with Gasteiger partial charge in [0, 0.05) is 10.9 Å². The van der Waals surface area contributed by atoms with Crippen molar-refractivity contribution in [3.8, 4) is 11.6 Å². The van der Waals surface area contributed by atoms with Crippen molar-refractivity contribution >= 4 is 10.9 Å². The van der Waals surface area contributed by atoms with Gasteiger partial charge >= 0.3 is 0 Å². The molecule has 23 heavy (non-hydrogen) atoms. The zero-order chi connectivity index (χ0) is 15.8. The standard InChI is InChI=1S/C17H13FN4O/c1-11-19-17(23-21-11)16-13-7-3-5-9-15(13)22(20-16)10-12-6-2-4-8-14(12)18/h2-9H,10H2,1H3. The van der Waals surface area contributed by atoms with Crippen molar-refractivity contribution in [3.63, 3.8) is 0 Å². The summed E-state index contributed by atoms with van der Waals surface area (Å²) in [4.78, 5) is 4.24. The van der Waals surface area contributed by atoms with Crippen LogP contribution in [0.4, 0.5) is 4.39 Å². The number of halogens is 1. The molecule has 5 nitrogen and oxygen atoms in total. The molecule has 0 aliphatic carbocycles. The molecule has 4 rings (SSSR count). The summed E-state index contributed by atoms with van der Waals surface area (Å²) < 4.78 is 20.9. The minimum atomic E-state index is -0.248. The fraction of sp³-hybridized carbons (Fsp3) is 0.118. The maximum atomic E-state index is 13.9. The lowest BCUT2D eigenvalue weighted by atomic mass is 10.2. The maximum Gasteiger partial charge on any atom is 0.279 e. The molecule has 0 aliphatic heterocycles. The quantitative estimate of drug-likeness (QED) is 0.580. The molecule has 0 fully saturated rings. The van der Waals surface area contributed by atoms with E-state index in [1.165, 1.54) is 6.07 Å². The maximum absolute atomic E-state index is 13.9. The predicted molar refractivity (Wildman–Crippen MR) is 83.3 cm³/mol. The first-order valence-corrected chi connectivity index (χ1v) is 7.22. The van der Waals surface area contributed by atoms with Crippen molar-refractivity contribution in [2.45, 2.75) is 13.5 Å². The largest absolute Gasteiger partial charge is 0.332 e. The van der Waals surface area contributed by atoms with Crippen molar-refractivity contribution < 1.29 is 8.91 Å². The highest BCUT2D eigenvalue weighted by Crippen LogP contribution is 2.27. The topological polar surface area (TPSA) is 56.7 Å². The molecule has 114 valence electrons. The van der Waals surface area contributed by atoms with Gasteiger partial charge in [0.05, 0.1) is 12.1 Å². The molecule has 0 bridgehead atoms. The van der Waals surface area contributed by atoms with Crippen LogP contribution in [0, 0.1) is 12.7 Å². The van der Waals surface area contributed by atoms with Gasteiger partial charge in [-0.1, -0.05) is 41.6 Å². The van der Waals surface area contributed by atoms with E-state index < -0.39 is 0 Å². The normalized spacial score (nSPS) is 11.2. The van der Waals surface area contributed by atoms with E-state index in [2.05, 4.69) is 15.2 Å². The third kappa shape index (κ3) is 2.38. The summed E-state index contributed by atoms with van der Waals surface area (Å²) in [6.07, 6.45) is 0. The molecule has 0 atom stereocenters. The first kappa shape index (κ1) is 13.6. The van der Waals surface area contributed by atoms with Crippen LogP contribution in [0.15, 0.2) is 53.1 Å². The summed E-state index contributed by atoms with van der Waals surface area (Å²) in [5.74, 6) is 0.668. The summed E-state index contributed by atoms with van der Waals surface area (Å²) in [6, 6.07) is 14.4. The van der Waals surface area contributed by atoms with Crippen molar-refractivity contribution in [2.75, 3.05) is 0 Å². The van der Waals surface area contributed by atoms with Crippen LogP contribution in [-0.4, -0.2) is 19.9 Å². The second-order valence-electron chi connectivity index (χ2n) is 5.26. The molecule has 6 heteroatoms. The third-order valence-electron chi connectivity index (χ3n) is 3.67. The Morgan fingerprint density at radius 2 is 1.87 bits per heavy atom. The number of hydrogen-bond acceptors (Lipinski definition) is 4. The van der Waals surface area contributed by atoms with E-state index in [4.69, 9.17) is 4.52 Å². The second-order valence-corrected chi connectivity index (χ2v) is 5.26. The minimum absolute atomic E-state index is 0.248. The minimum Gasteiger partial charge on any atom is -0.332 e. The number of para-hydroxylation sites is 1. The summed E-state index contributed by atoms with van der Waals surface area (Å²) in [5.41, 5.74) is 2.08. The van der Waals surface area contributed by atoms with Gasteiger partial charge in [-0.3, -0.25) is 4.68 Å². The van der Waals surface area contributed by atoms with Crippen LogP contribution in [0.1, 0.15) is 11.4 Å². The Kier molecular flexibility index (Phi) is 3.15. The molecule has 2 aromatic heterocycles. The number of nitrogens with zero attached hydrogens (tertiary/aromatic N) is 4. The lowest BCUT2D eigenvalue weighted by molar-refractivity contribution is 0.424. The number of hydrogen-bond donors (Lipinski definition) is 0. The average Bonchev–Trinajstić information content (AvgIpc) is 3.14. The summed E-state index contributed by atoms with van der Waals surface area (Å²) >= 11 is 0. The molecule has 0 spiro atoms. The lowest BCUT2D eigenvalue weighted by Gasteiger charge is -2.04. The number of benzene rings is 2. The van der Waals surface area contributed by atoms with Crippen LogP contribution in [-0.2, 0) is 6.54 Å². The summed E-state index contributed by atoms with van der Waals surface area (Å²) in [5, 5.41) is 9.27. The molecule has 4 aromatic rings. The molecule has 2 aromatic carbocycles. The number of aromatic nitrogens is 4. The highest BCUT2D eigenvalue weighted by molar-refractivity contribution is 5.91. The van der Waals surface area contributed by atoms with Crippen molar-refractivity contribution in [3.05, 3.63) is 65.7 Å². The SMILES string of the molecule is Cc1noc(-c2nn(Cc3ccccc3F)c3ccccc23)n1. The zero-order valence-electron chi connectivity index (χ0n) is 12.4. The molecule has 0 N–H and O–H groups in total. The Bertz CT molecular complexity index is 989. The fourth-order valence-corrected chi connectivity index (χ4v) is 2.59. The molecule has 0 amide bonds. The highest BCUT2D eigenvalue weighted by atomic mass is 19.1. The summed E-state index contributed by atoms with van der Waals surface area (Å²) in [6.45, 7) is 2.09. The van der Waals surface area contributed by atoms with Crippen molar-refractivity contribution in [1.82, 2.24) is 19.9 Å². The molecular formula is C17H13FN4O. The van der Waals surface area contributed by atoms with E-state index >= 15 is 0 Å². The van der Waals surface area contributed by atoms with Crippen LogP contribution in [0.3, 0.4) is 0 Å². The van der Waals surface area contributed by atoms with Crippen molar-refractivity contribution in [2.24, 2.45) is 0 Å². The van der Waals surface area contributed by atoms with E-state index in [-0.39, 0.29) is 5.82 Å². The second kappa shape index (κ2) is 5.31. The molecule has 0 saturated carbocycles. The van der Waals surface area contributed by atoms with Crippen LogP contribution >= 0.6 is 0 Å². The monoisotopic (exact) mass is 308 g/mol. The Morgan fingerprint density at radius 1 is 1.09 bits per heavy atom. The molecule has 0 unspecified atom stereocenters. The van der Waals surface area contributed by atoms with Gasteiger partial charge in [-0.2, -0.15) is 10.1 Å². The number of aryl methyl sites for hydroxylation is 1. The van der Waals surface area contributed by atoms with Gasteiger partial charge in [-0.15, -0.1) is 0 Å². The van der Waals surface area contributed by atoms with E-state index in [9.17, 15) is 4.39 Å². The van der Waals surface area contributed by atoms with Gasteiger partial charge in [0.2, 0.25) is 0 Å². The molecule has 0 radical (unpaired) electrons. The molecular weight excluding hydrogens is 295 g/mol. The molecule has 0 saturated heterocycles. The predicted octanol–water partition coefficient (Wildman–Crippen LogP) is 3.58. The van der Waals surface area contributed by atoms with E-state index in [1.54, 1.807) is 23.7 Å². The van der Waals surface area contributed by atoms with Crippen molar-refractivity contribution in [1.29, 1.82) is 0 Å². The van der Waals surface area contributed by atoms with E-state index in [0.29, 0.717) is 29.5 Å². The van der Waals surface area contributed by atoms with E-state index in [1.807, 2.05) is 30.3 Å². The van der Waals surface area contributed by atoms with Crippen LogP contribution in [0.2, 0.25) is 0 Å². The van der Waals surface area contributed by atoms with E-state index in [0.717, 1.165) is 10.9 Å². The smallest absolute Gasteiger partial charge is 0.279 e. The summed E-state index contributed by atoms with van der Waals surface area (Å²) in [7, 11) is 0. The highest BCUT2D eigenvalue weighted by Gasteiger charge is 2.17. The fourth-order valence-electron chi connectivity index (χ4n) is 2.59. The molecule has 0 aliphatic rings. The Balaban J connectivity index is 1.86. The average molecular weight is 308 g/mol. The van der Waals surface area contributed by atoms with Crippen LogP contribution < -0.4 is 0 Å². The van der Waals surface area contributed by atoms with Gasteiger partial charge in [0.1, 0.15) is 5.82 Å². The van der Waals surface area contributed by atoms with Gasteiger partial charge in [0.15, 0.2) is 11.5 Å². The Hall–Kier alpha value is -3.02. The molecule has 2 heterocycles. The van der Waals surface area contributed by atoms with Gasteiger partial charge in [-0.05, 0) is 19.1 Å². The first-order chi connectivity index (χ1) is 11.2. The number of fused-ring (bicyclic) bond motifs is 1. The van der Waals surface area contributed by atoms with Gasteiger partial charge < -0.3 is 4.52 Å².